The van der Waals surface area contributed by atoms with Crippen LogP contribution in [0.15, 0.2) is 0 Å². The Kier molecular flexibility index (Phi) is 1510. The fourth-order valence-corrected chi connectivity index (χ4v) is 0. The Morgan fingerprint density at radius 1 is 0.714 bits per heavy atom. The van der Waals surface area contributed by atoms with Gasteiger partial charge in [0.2, 0.25) is 0 Å². The number of rotatable bonds is 0. The van der Waals surface area contributed by atoms with Gasteiger partial charge in [-0.2, -0.15) is 0 Å². The van der Waals surface area contributed by atoms with Crippen LogP contribution in [0.2, 0.25) is 0 Å². The first-order chi connectivity index (χ1) is 0. The van der Waals surface area contributed by atoms with E-state index in [9.17, 15) is 0 Å². The summed E-state index contributed by atoms with van der Waals surface area (Å²) >= 11 is 0. The van der Waals surface area contributed by atoms with Crippen molar-refractivity contribution in [1.82, 2.24) is 0 Å². The molecular weight excluding hydrogens is 496 g/mol. The van der Waals surface area contributed by atoms with Crippen molar-refractivity contribution >= 4 is 0 Å². The third kappa shape index (κ3) is 63.4. The summed E-state index contributed by atoms with van der Waals surface area (Å²) in [7, 11) is 0. The first-order valence-corrected chi connectivity index (χ1v) is 0. The molecule has 0 aromatic rings. The fourth-order valence-electron chi connectivity index (χ4n) is 0. The van der Waals surface area contributed by atoms with Crippen LogP contribution in [0.5, 0.6) is 0 Å². The maximum atomic E-state index is 0. The van der Waals surface area contributed by atoms with Crippen molar-refractivity contribution in [3.63, 3.8) is 0 Å². The van der Waals surface area contributed by atoms with Crippen molar-refractivity contribution in [1.29, 1.82) is 0 Å². The van der Waals surface area contributed by atoms with Crippen LogP contribution in [0.4, 0.5) is 0 Å². The molecule has 0 unspecified atom stereocenters. The summed E-state index contributed by atoms with van der Waals surface area (Å²) in [4.78, 5) is 0. The zero-order chi connectivity index (χ0) is 0. The Labute approximate surface area is 96.6 Å². The minimum atomic E-state index is 0. The van der Waals surface area contributed by atoms with Crippen molar-refractivity contribution in [2.45, 2.75) is 7.43 Å². The van der Waals surface area contributed by atoms with E-state index in [0.717, 1.165) is 0 Å². The molecule has 0 fully saturated rings. The first kappa shape index (κ1) is 124. The summed E-state index contributed by atoms with van der Waals surface area (Å²) in [6, 6.07) is 0. The largest absolute Gasteiger partial charge is 0.412 e. The Morgan fingerprint density at radius 3 is 0.714 bits per heavy atom. The zero-order valence-electron chi connectivity index (χ0n) is 3.67. The molecule has 4 heteroatoms. The maximum Gasteiger partial charge on any atom is 0 e. The quantitative estimate of drug-likeness (QED) is 0.342. The van der Waals surface area contributed by atoms with Crippen LogP contribution in [0.25, 0.3) is 0 Å². The van der Waals surface area contributed by atoms with Crippen LogP contribution in [0.3, 0.4) is 0 Å². The minimum absolute atomic E-state index is 0. The van der Waals surface area contributed by atoms with Gasteiger partial charge < -0.3 is 20.3 Å². The Hall–Kier alpha value is 2.26. The second-order valence-corrected chi connectivity index (χ2v) is 0. The molecule has 1 nitrogen and oxygen atoms in total. The monoisotopic (exact) mass is 508 g/mol. The van der Waals surface area contributed by atoms with Gasteiger partial charge in [-0.05, 0) is 0 Å². The zero-order valence-corrected chi connectivity index (χ0v) is 11.1. The van der Waals surface area contributed by atoms with Crippen molar-refractivity contribution in [3.05, 3.63) is 14.9 Å². The Balaban J connectivity index is 0. The number of hydrogen-bond donors (Lipinski definition) is 0. The van der Waals surface area contributed by atoms with E-state index in [1.54, 1.807) is 0 Å². The molecule has 0 spiro atoms. The van der Waals surface area contributed by atoms with Crippen molar-refractivity contribution in [2.75, 3.05) is 0 Å². The molecular formula is C3H12ORh2U-2. The molecule has 0 aliphatic rings. The molecule has 0 rings (SSSR count). The van der Waals surface area contributed by atoms with E-state index in [0.29, 0.717) is 0 Å². The van der Waals surface area contributed by atoms with Gasteiger partial charge in [0.25, 0.3) is 0 Å². The van der Waals surface area contributed by atoms with Gasteiger partial charge in [0.05, 0.1) is 0 Å². The molecule has 0 aromatic heterocycles. The SMILES string of the molecule is C.O.[CH3-].[CH3-].[Rh].[Rh].[U]. The van der Waals surface area contributed by atoms with Crippen LogP contribution >= 0.6 is 0 Å². The van der Waals surface area contributed by atoms with Crippen LogP contribution in [0.1, 0.15) is 7.43 Å². The first-order valence-electron chi connectivity index (χ1n) is 0. The molecule has 0 bridgehead atoms. The molecule has 2 N–H and O–H groups in total. The Morgan fingerprint density at radius 2 is 0.714 bits per heavy atom. The topological polar surface area (TPSA) is 31.5 Å². The van der Waals surface area contributed by atoms with E-state index < -0.39 is 0 Å². The summed E-state index contributed by atoms with van der Waals surface area (Å²) in [5.41, 5.74) is 0. The molecule has 0 saturated carbocycles. The molecule has 0 aliphatic carbocycles. The molecule has 0 aromatic carbocycles. The molecule has 0 heterocycles. The van der Waals surface area contributed by atoms with Gasteiger partial charge in [-0.1, -0.05) is 7.43 Å². The van der Waals surface area contributed by atoms with E-state index in [4.69, 9.17) is 0 Å². The maximum absolute atomic E-state index is 0. The molecule has 2 radical (unpaired) electrons. The van der Waals surface area contributed by atoms with Crippen LogP contribution < -0.4 is 0 Å². The fraction of sp³-hybridized carbons (Fsp3) is 0.333. The van der Waals surface area contributed by atoms with Gasteiger partial charge in [-0.15, -0.1) is 0 Å². The second-order valence-electron chi connectivity index (χ2n) is 0. The smallest absolute Gasteiger partial charge is 0 e. The van der Waals surface area contributed by atoms with Gasteiger partial charge in [-0.25, -0.2) is 0 Å². The third-order valence-electron chi connectivity index (χ3n) is 0. The summed E-state index contributed by atoms with van der Waals surface area (Å²) in [5, 5.41) is 0. The minimum Gasteiger partial charge on any atom is -0.412 e. The predicted molar refractivity (Wildman–Crippen MR) is 23.2 cm³/mol. The molecule has 0 atom stereocenters. The van der Waals surface area contributed by atoms with Crippen LogP contribution in [-0.2, 0) is 39.0 Å². The van der Waals surface area contributed by atoms with Gasteiger partial charge in [-0.3, -0.25) is 0 Å². The third-order valence-corrected chi connectivity index (χ3v) is 0. The number of hydrogen-bond acceptors (Lipinski definition) is 0. The van der Waals surface area contributed by atoms with E-state index in [2.05, 4.69) is 0 Å². The molecule has 0 saturated heterocycles. The van der Waals surface area contributed by atoms with Crippen LogP contribution in [-0.4, -0.2) is 5.48 Å². The normalized spacial score (nSPS) is 0. The van der Waals surface area contributed by atoms with Crippen molar-refractivity contribution in [2.24, 2.45) is 0 Å². The standard InChI is InChI=1S/CH4.2CH3.H2O.2Rh.U/h1H4;2*1H3;1H2;;;/q;2*-1;;;;. The predicted octanol–water partition coefficient (Wildman–Crippen LogP) is 0.707. The van der Waals surface area contributed by atoms with E-state index in [1.807, 2.05) is 0 Å². The molecule has 0 amide bonds. The van der Waals surface area contributed by atoms with Crippen molar-refractivity contribution in [3.8, 4) is 0 Å². The molecule has 7 heavy (non-hydrogen) atoms. The average molecular weight is 508 g/mol. The summed E-state index contributed by atoms with van der Waals surface area (Å²) in [6.07, 6.45) is 0. The van der Waals surface area contributed by atoms with Gasteiger partial charge in [0.1, 0.15) is 0 Å². The second kappa shape index (κ2) is 85.3. The van der Waals surface area contributed by atoms with Crippen molar-refractivity contribution < 1.29 is 75.5 Å². The average Bonchev–Trinajstić information content (AvgIpc) is 0. The van der Waals surface area contributed by atoms with E-state index in [-0.39, 0.29) is 97.8 Å². The Bertz CT molecular complexity index is 12.9. The summed E-state index contributed by atoms with van der Waals surface area (Å²) in [6.45, 7) is 0. The van der Waals surface area contributed by atoms with E-state index in [1.165, 1.54) is 0 Å². The van der Waals surface area contributed by atoms with Gasteiger partial charge in [0.15, 0.2) is 0 Å². The van der Waals surface area contributed by atoms with Gasteiger partial charge in [0, 0.05) is 70.1 Å². The van der Waals surface area contributed by atoms with E-state index >= 15 is 0 Å². The summed E-state index contributed by atoms with van der Waals surface area (Å²) in [5.74, 6) is 0. The molecule has 54 valence electrons. The van der Waals surface area contributed by atoms with Crippen LogP contribution in [0, 0.1) is 46.0 Å². The van der Waals surface area contributed by atoms with Gasteiger partial charge >= 0.3 is 0 Å². The summed E-state index contributed by atoms with van der Waals surface area (Å²) < 4.78 is 0. The molecule has 0 aliphatic heterocycles.